The quantitative estimate of drug-likeness (QED) is 0.707. The molecule has 0 spiro atoms. The molecule has 0 aromatic heterocycles. The fraction of sp³-hybridized carbons (Fsp3) is 0.364. The highest BCUT2D eigenvalue weighted by molar-refractivity contribution is 5.98. The molecule has 5 nitrogen and oxygen atoms in total. The lowest BCUT2D eigenvalue weighted by Gasteiger charge is -2.34. The lowest BCUT2D eigenvalue weighted by Crippen LogP contribution is -2.47. The number of phenols is 1. The number of carbonyl (C=O) groups excluding carboxylic acids is 2. The summed E-state index contributed by atoms with van der Waals surface area (Å²) in [4.78, 5) is 27.0. The number of carbonyl (C=O) groups is 2. The first-order valence-electron chi connectivity index (χ1n) is 9.70. The van der Waals surface area contributed by atoms with Crippen molar-refractivity contribution in [2.45, 2.75) is 32.0 Å². The van der Waals surface area contributed by atoms with Crippen LogP contribution < -0.4 is 5.32 Å². The molecule has 1 atom stereocenters. The van der Waals surface area contributed by atoms with Crippen LogP contribution in [-0.4, -0.2) is 40.8 Å². The van der Waals surface area contributed by atoms with Gasteiger partial charge in [0.1, 0.15) is 5.75 Å². The maximum absolute atomic E-state index is 12.8. The highest BCUT2D eigenvalue weighted by Gasteiger charge is 2.32. The van der Waals surface area contributed by atoms with Gasteiger partial charge >= 0.3 is 6.18 Å². The summed E-state index contributed by atoms with van der Waals surface area (Å²) in [6.45, 7) is 2.77. The van der Waals surface area contributed by atoms with Crippen molar-refractivity contribution in [3.05, 3.63) is 59.7 Å². The fourth-order valence-corrected chi connectivity index (χ4v) is 3.60. The lowest BCUT2D eigenvalue weighted by atomic mass is 9.88. The molecule has 0 bridgehead atoms. The molecule has 1 amide bonds. The standard InChI is InChI=1S/C22H23F3N2O3/c1-14(21(30)26-18-4-2-3-17(13-18)22(23,24)25)27-11-9-16(10-12-27)20(29)15-5-7-19(28)8-6-15/h2-8,13-14,16,28H,9-12H2,1H3,(H,26,30). The molecule has 1 heterocycles. The van der Waals surface area contributed by atoms with Gasteiger partial charge in [-0.05, 0) is 75.3 Å². The van der Waals surface area contributed by atoms with E-state index in [0.717, 1.165) is 12.1 Å². The molecule has 0 radical (unpaired) electrons. The summed E-state index contributed by atoms with van der Waals surface area (Å²) in [7, 11) is 0. The Morgan fingerprint density at radius 3 is 2.33 bits per heavy atom. The average Bonchev–Trinajstić information content (AvgIpc) is 2.73. The predicted molar refractivity (Wildman–Crippen MR) is 106 cm³/mol. The van der Waals surface area contributed by atoms with Crippen molar-refractivity contribution in [3.63, 3.8) is 0 Å². The number of rotatable bonds is 5. The number of aromatic hydroxyl groups is 1. The number of nitrogens with zero attached hydrogens (tertiary/aromatic N) is 1. The second kappa shape index (κ2) is 8.87. The zero-order valence-electron chi connectivity index (χ0n) is 16.4. The largest absolute Gasteiger partial charge is 0.508 e. The van der Waals surface area contributed by atoms with E-state index in [1.54, 1.807) is 19.1 Å². The summed E-state index contributed by atoms with van der Waals surface area (Å²) >= 11 is 0. The van der Waals surface area contributed by atoms with Gasteiger partial charge in [-0.25, -0.2) is 0 Å². The molecule has 1 unspecified atom stereocenters. The van der Waals surface area contributed by atoms with Crippen molar-refractivity contribution in [1.82, 2.24) is 4.90 Å². The maximum atomic E-state index is 12.8. The first kappa shape index (κ1) is 21.8. The zero-order chi connectivity index (χ0) is 21.9. The van der Waals surface area contributed by atoms with Crippen LogP contribution in [0, 0.1) is 5.92 Å². The smallest absolute Gasteiger partial charge is 0.416 e. The molecule has 3 rings (SSSR count). The summed E-state index contributed by atoms with van der Waals surface area (Å²) in [5.74, 6) is -0.445. The highest BCUT2D eigenvalue weighted by atomic mass is 19.4. The number of halogens is 3. The summed E-state index contributed by atoms with van der Waals surface area (Å²) in [6, 6.07) is 10.1. The first-order chi connectivity index (χ1) is 14.1. The Morgan fingerprint density at radius 1 is 1.10 bits per heavy atom. The number of phenolic OH excluding ortho intramolecular Hbond substituents is 1. The molecule has 0 saturated carbocycles. The lowest BCUT2D eigenvalue weighted by molar-refractivity contribution is -0.137. The number of likely N-dealkylation sites (tertiary alicyclic amines) is 1. The van der Waals surface area contributed by atoms with Gasteiger partial charge in [0.2, 0.25) is 5.91 Å². The van der Waals surface area contributed by atoms with E-state index in [1.807, 2.05) is 4.90 Å². The number of benzene rings is 2. The number of hydrogen-bond acceptors (Lipinski definition) is 4. The minimum Gasteiger partial charge on any atom is -0.508 e. The van der Waals surface area contributed by atoms with Gasteiger partial charge in [-0.1, -0.05) is 6.07 Å². The SMILES string of the molecule is CC(C(=O)Nc1cccc(C(F)(F)F)c1)N1CCC(C(=O)c2ccc(O)cc2)CC1. The second-order valence-electron chi connectivity index (χ2n) is 7.47. The molecule has 30 heavy (non-hydrogen) atoms. The minimum atomic E-state index is -4.47. The summed E-state index contributed by atoms with van der Waals surface area (Å²) < 4.78 is 38.5. The van der Waals surface area contributed by atoms with Gasteiger partial charge in [0.15, 0.2) is 5.78 Å². The van der Waals surface area contributed by atoms with E-state index in [9.17, 15) is 27.9 Å². The number of ketones is 1. The van der Waals surface area contributed by atoms with Crippen LogP contribution in [0.15, 0.2) is 48.5 Å². The molecular formula is C22H23F3N2O3. The summed E-state index contributed by atoms with van der Waals surface area (Å²) in [6.07, 6.45) is -3.31. The van der Waals surface area contributed by atoms with E-state index in [-0.39, 0.29) is 23.1 Å². The van der Waals surface area contributed by atoms with E-state index < -0.39 is 23.7 Å². The number of piperidine rings is 1. The molecule has 160 valence electrons. The number of Topliss-reactive ketones (excluding diaryl/α,β-unsaturated/α-hetero) is 1. The van der Waals surface area contributed by atoms with Crippen LogP contribution in [0.25, 0.3) is 0 Å². The summed E-state index contributed by atoms with van der Waals surface area (Å²) in [5.41, 5.74) is -0.179. The van der Waals surface area contributed by atoms with Crippen LogP contribution in [0.4, 0.5) is 18.9 Å². The van der Waals surface area contributed by atoms with E-state index in [0.29, 0.717) is 31.5 Å². The van der Waals surface area contributed by atoms with Crippen LogP contribution in [0.1, 0.15) is 35.7 Å². The van der Waals surface area contributed by atoms with Gasteiger partial charge in [-0.3, -0.25) is 14.5 Å². The van der Waals surface area contributed by atoms with Crippen molar-refractivity contribution in [2.75, 3.05) is 18.4 Å². The Labute approximate surface area is 172 Å². The Bertz CT molecular complexity index is 905. The zero-order valence-corrected chi connectivity index (χ0v) is 16.4. The molecule has 2 aromatic carbocycles. The molecular weight excluding hydrogens is 397 g/mol. The number of alkyl halides is 3. The van der Waals surface area contributed by atoms with Crippen molar-refractivity contribution in [1.29, 1.82) is 0 Å². The predicted octanol–water partition coefficient (Wildman–Crippen LogP) is 4.33. The van der Waals surface area contributed by atoms with Crippen molar-refractivity contribution in [3.8, 4) is 5.75 Å². The first-order valence-corrected chi connectivity index (χ1v) is 9.70. The molecule has 1 saturated heterocycles. The van der Waals surface area contributed by atoms with Gasteiger partial charge in [-0.15, -0.1) is 0 Å². The Balaban J connectivity index is 1.56. The minimum absolute atomic E-state index is 0.00993. The Kier molecular flexibility index (Phi) is 6.45. The van der Waals surface area contributed by atoms with E-state index in [1.165, 1.54) is 24.3 Å². The van der Waals surface area contributed by atoms with Gasteiger partial charge in [0.25, 0.3) is 0 Å². The summed E-state index contributed by atoms with van der Waals surface area (Å²) in [5, 5.41) is 11.9. The van der Waals surface area contributed by atoms with Gasteiger partial charge < -0.3 is 10.4 Å². The van der Waals surface area contributed by atoms with Crippen LogP contribution >= 0.6 is 0 Å². The van der Waals surface area contributed by atoms with Gasteiger partial charge in [0.05, 0.1) is 11.6 Å². The third kappa shape index (κ3) is 5.18. The monoisotopic (exact) mass is 420 g/mol. The van der Waals surface area contributed by atoms with Crippen molar-refractivity contribution in [2.24, 2.45) is 5.92 Å². The van der Waals surface area contributed by atoms with E-state index >= 15 is 0 Å². The van der Waals surface area contributed by atoms with E-state index in [4.69, 9.17) is 0 Å². The van der Waals surface area contributed by atoms with Gasteiger partial charge in [-0.2, -0.15) is 13.2 Å². The highest BCUT2D eigenvalue weighted by Crippen LogP contribution is 2.31. The maximum Gasteiger partial charge on any atom is 0.416 e. The van der Waals surface area contributed by atoms with Crippen LogP contribution in [0.5, 0.6) is 5.75 Å². The van der Waals surface area contributed by atoms with Crippen LogP contribution in [0.2, 0.25) is 0 Å². The average molecular weight is 420 g/mol. The molecule has 2 aromatic rings. The Morgan fingerprint density at radius 2 is 1.73 bits per heavy atom. The normalized spacial score (nSPS) is 16.8. The van der Waals surface area contributed by atoms with Crippen LogP contribution in [-0.2, 0) is 11.0 Å². The fourth-order valence-electron chi connectivity index (χ4n) is 3.60. The topological polar surface area (TPSA) is 69.6 Å². The molecule has 1 aliphatic rings. The molecule has 1 fully saturated rings. The van der Waals surface area contributed by atoms with Gasteiger partial charge in [0, 0.05) is 17.2 Å². The molecule has 0 aliphatic carbocycles. The molecule has 2 N–H and O–H groups in total. The third-order valence-corrected chi connectivity index (χ3v) is 5.44. The molecule has 8 heteroatoms. The number of anilines is 1. The second-order valence-corrected chi connectivity index (χ2v) is 7.47. The van der Waals surface area contributed by atoms with Crippen LogP contribution in [0.3, 0.4) is 0 Å². The molecule has 1 aliphatic heterocycles. The number of hydrogen-bond donors (Lipinski definition) is 2. The number of nitrogens with one attached hydrogen (secondary N) is 1. The van der Waals surface area contributed by atoms with Crippen molar-refractivity contribution >= 4 is 17.4 Å². The third-order valence-electron chi connectivity index (χ3n) is 5.44. The number of amides is 1. The van der Waals surface area contributed by atoms with Crippen molar-refractivity contribution < 1.29 is 27.9 Å². The Hall–Kier alpha value is -2.87. The van der Waals surface area contributed by atoms with E-state index in [2.05, 4.69) is 5.32 Å².